The van der Waals surface area contributed by atoms with Gasteiger partial charge in [0.1, 0.15) is 11.2 Å². The second kappa shape index (κ2) is 8.12. The molecule has 5 nitrogen and oxygen atoms in total. The fourth-order valence-corrected chi connectivity index (χ4v) is 4.57. The fraction of sp³-hybridized carbons (Fsp3) is 0.0690. The van der Waals surface area contributed by atoms with Gasteiger partial charge in [0.05, 0.1) is 22.5 Å². The molecule has 6 aromatic rings. The van der Waals surface area contributed by atoms with Crippen LogP contribution in [-0.4, -0.2) is 25.0 Å². The predicted molar refractivity (Wildman–Crippen MR) is 137 cm³/mol. The first-order chi connectivity index (χ1) is 16.7. The van der Waals surface area contributed by atoms with Crippen LogP contribution in [0.15, 0.2) is 97.2 Å². The molecular weight excluding hydrogens is 418 g/mol. The van der Waals surface area contributed by atoms with Gasteiger partial charge in [0.25, 0.3) is 0 Å². The van der Waals surface area contributed by atoms with E-state index in [4.69, 9.17) is 10.2 Å². The highest BCUT2D eigenvalue weighted by Gasteiger charge is 2.24. The van der Waals surface area contributed by atoms with Gasteiger partial charge in [0.2, 0.25) is 0 Å². The summed E-state index contributed by atoms with van der Waals surface area (Å²) in [4.78, 5) is 3.65. The van der Waals surface area contributed by atoms with Crippen LogP contribution in [0.5, 0.6) is 0 Å². The summed E-state index contributed by atoms with van der Waals surface area (Å²) in [5.41, 5.74) is 10.1. The summed E-state index contributed by atoms with van der Waals surface area (Å²) in [5.74, 6) is 0. The van der Waals surface area contributed by atoms with Gasteiger partial charge in [-0.25, -0.2) is 4.68 Å². The lowest BCUT2D eigenvalue weighted by Crippen LogP contribution is -1.95. The number of aromatic amines is 1. The van der Waals surface area contributed by atoms with Crippen LogP contribution in [0.25, 0.3) is 50.2 Å². The molecule has 0 atom stereocenters. The van der Waals surface area contributed by atoms with E-state index >= 15 is 0 Å². The van der Waals surface area contributed by atoms with Gasteiger partial charge in [-0.1, -0.05) is 78.9 Å². The average molecular weight is 442 g/mol. The largest absolute Gasteiger partial charge is 0.358 e. The number of rotatable bonds is 4. The molecule has 0 radical (unpaired) electrons. The number of para-hydroxylation sites is 1. The van der Waals surface area contributed by atoms with Crippen molar-refractivity contribution < 1.29 is 0 Å². The van der Waals surface area contributed by atoms with E-state index in [0.29, 0.717) is 0 Å². The number of hydrogen-bond donors (Lipinski definition) is 1. The summed E-state index contributed by atoms with van der Waals surface area (Å²) in [5, 5.41) is 15.1. The van der Waals surface area contributed by atoms with Crippen molar-refractivity contribution in [1.82, 2.24) is 25.0 Å². The predicted octanol–water partition coefficient (Wildman–Crippen LogP) is 6.76. The molecule has 0 fully saturated rings. The van der Waals surface area contributed by atoms with E-state index < -0.39 is 0 Å². The van der Waals surface area contributed by atoms with Crippen LogP contribution < -0.4 is 0 Å². The Kier molecular flexibility index (Phi) is 4.81. The second-order valence-electron chi connectivity index (χ2n) is 8.41. The molecule has 0 spiro atoms. The zero-order valence-corrected chi connectivity index (χ0v) is 19.0. The summed E-state index contributed by atoms with van der Waals surface area (Å²) in [6, 6.07) is 31.0. The van der Waals surface area contributed by atoms with E-state index in [1.165, 1.54) is 0 Å². The van der Waals surface area contributed by atoms with E-state index in [-0.39, 0.29) is 0 Å². The van der Waals surface area contributed by atoms with Crippen molar-refractivity contribution in [2.75, 3.05) is 0 Å². The summed E-state index contributed by atoms with van der Waals surface area (Å²) in [7, 11) is 0. The minimum Gasteiger partial charge on any atom is -0.358 e. The number of aromatic nitrogens is 5. The van der Waals surface area contributed by atoms with E-state index in [1.807, 2.05) is 54.1 Å². The van der Waals surface area contributed by atoms with Crippen molar-refractivity contribution in [2.45, 2.75) is 13.8 Å². The van der Waals surface area contributed by atoms with Crippen molar-refractivity contribution in [2.24, 2.45) is 0 Å². The number of nitrogens with zero attached hydrogens (tertiary/aromatic N) is 4. The lowest BCUT2D eigenvalue weighted by atomic mass is 9.94. The standard InChI is InChI=1S/C29H23N5/c1-19-25(26(21-12-6-3-7-13-21)28(30-19)22-14-8-4-9-15-22)29-24-18-34(23-16-10-5-11-17-23)33-27(24)20(2)31-32-29/h3-18,30H,1-2H3. The Morgan fingerprint density at radius 1 is 0.676 bits per heavy atom. The van der Waals surface area contributed by atoms with Gasteiger partial charge in [-0.3, -0.25) is 0 Å². The van der Waals surface area contributed by atoms with Crippen LogP contribution >= 0.6 is 0 Å². The molecule has 3 aromatic carbocycles. The van der Waals surface area contributed by atoms with Crippen molar-refractivity contribution in [1.29, 1.82) is 0 Å². The monoisotopic (exact) mass is 441 g/mol. The molecule has 164 valence electrons. The third-order valence-corrected chi connectivity index (χ3v) is 6.18. The highest BCUT2D eigenvalue weighted by atomic mass is 15.3. The molecule has 0 aliphatic rings. The molecule has 1 N–H and O–H groups in total. The highest BCUT2D eigenvalue weighted by Crippen LogP contribution is 2.43. The first-order valence-electron chi connectivity index (χ1n) is 11.3. The molecule has 0 unspecified atom stereocenters. The van der Waals surface area contributed by atoms with Crippen molar-refractivity contribution >= 4 is 10.9 Å². The quantitative estimate of drug-likeness (QED) is 0.329. The van der Waals surface area contributed by atoms with Gasteiger partial charge < -0.3 is 4.98 Å². The van der Waals surface area contributed by atoms with Crippen LogP contribution in [0.4, 0.5) is 0 Å². The molecule has 0 bridgehead atoms. The smallest absolute Gasteiger partial charge is 0.118 e. The number of H-pyrrole nitrogens is 1. The third-order valence-electron chi connectivity index (χ3n) is 6.18. The molecule has 34 heavy (non-hydrogen) atoms. The topological polar surface area (TPSA) is 59.4 Å². The fourth-order valence-electron chi connectivity index (χ4n) is 4.57. The molecule has 0 aliphatic carbocycles. The van der Waals surface area contributed by atoms with Crippen LogP contribution in [0, 0.1) is 13.8 Å². The highest BCUT2D eigenvalue weighted by molar-refractivity contribution is 6.02. The molecule has 3 heterocycles. The van der Waals surface area contributed by atoms with Gasteiger partial charge in [-0.2, -0.15) is 10.2 Å². The normalized spacial score (nSPS) is 11.2. The Morgan fingerprint density at radius 3 is 1.97 bits per heavy atom. The Morgan fingerprint density at radius 2 is 1.29 bits per heavy atom. The summed E-state index contributed by atoms with van der Waals surface area (Å²) >= 11 is 0. The minimum atomic E-state index is 0.811. The maximum absolute atomic E-state index is 4.87. The molecule has 0 aliphatic heterocycles. The van der Waals surface area contributed by atoms with Crippen LogP contribution in [0.1, 0.15) is 11.4 Å². The maximum Gasteiger partial charge on any atom is 0.118 e. The number of fused-ring (bicyclic) bond motifs is 1. The zero-order chi connectivity index (χ0) is 23.1. The number of benzene rings is 3. The number of aryl methyl sites for hydroxylation is 2. The van der Waals surface area contributed by atoms with E-state index in [1.54, 1.807) is 0 Å². The van der Waals surface area contributed by atoms with Crippen molar-refractivity contribution in [3.05, 3.63) is 109 Å². The first kappa shape index (κ1) is 20.1. The minimum absolute atomic E-state index is 0.811. The SMILES string of the molecule is Cc1[nH]c(-c2ccccc2)c(-c2ccccc2)c1-c1nnc(C)c2nn(-c3ccccc3)cc12. The van der Waals surface area contributed by atoms with E-state index in [9.17, 15) is 0 Å². The second-order valence-corrected chi connectivity index (χ2v) is 8.41. The Hall–Kier alpha value is -4.51. The third kappa shape index (κ3) is 3.30. The molecular formula is C29H23N5. The molecule has 5 heteroatoms. The summed E-state index contributed by atoms with van der Waals surface area (Å²) in [6.45, 7) is 4.06. The Labute approximate surface area is 197 Å². The summed E-state index contributed by atoms with van der Waals surface area (Å²) in [6.07, 6.45) is 2.06. The Bertz CT molecular complexity index is 1600. The van der Waals surface area contributed by atoms with Gasteiger partial charge in [-0.05, 0) is 37.1 Å². The lowest BCUT2D eigenvalue weighted by Gasteiger charge is -2.09. The zero-order valence-electron chi connectivity index (χ0n) is 19.0. The Balaban J connectivity index is 1.65. The first-order valence-corrected chi connectivity index (χ1v) is 11.3. The average Bonchev–Trinajstić information content (AvgIpc) is 3.49. The lowest BCUT2D eigenvalue weighted by molar-refractivity contribution is 0.890. The van der Waals surface area contributed by atoms with Crippen molar-refractivity contribution in [3.8, 4) is 39.3 Å². The maximum atomic E-state index is 4.87. The van der Waals surface area contributed by atoms with E-state index in [0.717, 1.165) is 61.6 Å². The van der Waals surface area contributed by atoms with Gasteiger partial charge in [-0.15, -0.1) is 5.10 Å². The molecule has 0 saturated carbocycles. The van der Waals surface area contributed by atoms with Gasteiger partial charge >= 0.3 is 0 Å². The van der Waals surface area contributed by atoms with Crippen LogP contribution in [-0.2, 0) is 0 Å². The van der Waals surface area contributed by atoms with Crippen LogP contribution in [0.2, 0.25) is 0 Å². The van der Waals surface area contributed by atoms with E-state index in [2.05, 4.69) is 71.7 Å². The molecule has 0 saturated heterocycles. The van der Waals surface area contributed by atoms with Gasteiger partial charge in [0, 0.05) is 23.0 Å². The van der Waals surface area contributed by atoms with Crippen LogP contribution in [0.3, 0.4) is 0 Å². The molecule has 6 rings (SSSR count). The number of hydrogen-bond acceptors (Lipinski definition) is 3. The van der Waals surface area contributed by atoms with Crippen molar-refractivity contribution in [3.63, 3.8) is 0 Å². The molecule has 3 aromatic heterocycles. The summed E-state index contributed by atoms with van der Waals surface area (Å²) < 4.78 is 1.91. The number of nitrogens with one attached hydrogen (secondary N) is 1. The van der Waals surface area contributed by atoms with Gasteiger partial charge in [0.15, 0.2) is 0 Å². The molecule has 0 amide bonds.